The van der Waals surface area contributed by atoms with Crippen molar-refractivity contribution in [1.82, 2.24) is 9.78 Å². The van der Waals surface area contributed by atoms with Crippen LogP contribution >= 0.6 is 0 Å². The van der Waals surface area contributed by atoms with Crippen molar-refractivity contribution in [3.8, 4) is 0 Å². The van der Waals surface area contributed by atoms with Crippen LogP contribution in [-0.2, 0) is 19.4 Å². The largest absolute Gasteiger partial charge is 0.477 e. The minimum Gasteiger partial charge on any atom is -0.477 e. The maximum Gasteiger partial charge on any atom is 0.354 e. The van der Waals surface area contributed by atoms with E-state index < -0.39 is 5.97 Å². The molecule has 1 N–H and O–H groups in total. The maximum absolute atomic E-state index is 12.8. The minimum absolute atomic E-state index is 0.275. The fraction of sp³-hybridized carbons (Fsp3) is 0.286. The third-order valence-corrected chi connectivity index (χ3v) is 3.42. The summed E-state index contributed by atoms with van der Waals surface area (Å²) in [5.74, 6) is -1.25. The Bertz CT molecular complexity index is 632. The summed E-state index contributed by atoms with van der Waals surface area (Å²) in [5, 5.41) is 13.7. The molecule has 5 heteroatoms. The van der Waals surface area contributed by atoms with Gasteiger partial charge in [0.05, 0.1) is 12.2 Å². The van der Waals surface area contributed by atoms with Crippen LogP contribution in [0.5, 0.6) is 0 Å². The summed E-state index contributed by atoms with van der Waals surface area (Å²) in [6.45, 7) is 0.356. The van der Waals surface area contributed by atoms with E-state index >= 15 is 0 Å². The molecule has 19 heavy (non-hydrogen) atoms. The molecule has 1 aliphatic carbocycles. The summed E-state index contributed by atoms with van der Waals surface area (Å²) in [5.41, 5.74) is 2.86. The van der Waals surface area contributed by atoms with Crippen LogP contribution in [0.15, 0.2) is 24.3 Å². The molecular weight excluding hydrogens is 247 g/mol. The number of fused-ring (bicyclic) bond motifs is 1. The second kappa shape index (κ2) is 4.50. The van der Waals surface area contributed by atoms with Crippen molar-refractivity contribution in [1.29, 1.82) is 0 Å². The topological polar surface area (TPSA) is 55.1 Å². The van der Waals surface area contributed by atoms with Crippen LogP contribution < -0.4 is 0 Å². The smallest absolute Gasteiger partial charge is 0.354 e. The van der Waals surface area contributed by atoms with Gasteiger partial charge in [0, 0.05) is 5.56 Å². The lowest BCUT2D eigenvalue weighted by Gasteiger charge is -2.06. The van der Waals surface area contributed by atoms with E-state index in [9.17, 15) is 14.3 Å². The molecule has 0 bridgehead atoms. The molecule has 0 spiro atoms. The molecule has 0 fully saturated rings. The summed E-state index contributed by atoms with van der Waals surface area (Å²) in [6, 6.07) is 6.03. The SMILES string of the molecule is O=C(O)c1c2c(nn1Cc1ccc(F)cc1)CCC2. The summed E-state index contributed by atoms with van der Waals surface area (Å²) >= 11 is 0. The van der Waals surface area contributed by atoms with Gasteiger partial charge in [0.25, 0.3) is 0 Å². The molecule has 2 aromatic rings. The predicted molar refractivity (Wildman–Crippen MR) is 66.7 cm³/mol. The van der Waals surface area contributed by atoms with Crippen LogP contribution in [0.2, 0.25) is 0 Å². The first-order chi connectivity index (χ1) is 9.15. The molecule has 0 atom stereocenters. The number of carbonyl (C=O) groups is 1. The molecule has 0 saturated heterocycles. The summed E-state index contributed by atoms with van der Waals surface area (Å²) in [7, 11) is 0. The first-order valence-electron chi connectivity index (χ1n) is 6.21. The molecule has 0 aliphatic heterocycles. The van der Waals surface area contributed by atoms with Crippen LogP contribution in [-0.4, -0.2) is 20.9 Å². The number of nitrogens with zero attached hydrogens (tertiary/aromatic N) is 2. The third kappa shape index (κ3) is 2.12. The molecule has 0 amide bonds. The van der Waals surface area contributed by atoms with Crippen molar-refractivity contribution in [3.63, 3.8) is 0 Å². The fourth-order valence-corrected chi connectivity index (χ4v) is 2.56. The quantitative estimate of drug-likeness (QED) is 0.921. The third-order valence-electron chi connectivity index (χ3n) is 3.42. The number of aromatic carboxylic acids is 1. The number of carboxylic acids is 1. The van der Waals surface area contributed by atoms with Gasteiger partial charge in [0.15, 0.2) is 0 Å². The number of rotatable bonds is 3. The Morgan fingerprint density at radius 2 is 2.05 bits per heavy atom. The Labute approximate surface area is 109 Å². The highest BCUT2D eigenvalue weighted by molar-refractivity contribution is 5.88. The van der Waals surface area contributed by atoms with Crippen molar-refractivity contribution < 1.29 is 14.3 Å². The molecule has 1 aromatic heterocycles. The normalized spacial score (nSPS) is 13.5. The Morgan fingerprint density at radius 3 is 2.74 bits per heavy atom. The summed E-state index contributed by atoms with van der Waals surface area (Å²) in [6.07, 6.45) is 2.59. The number of hydrogen-bond donors (Lipinski definition) is 1. The van der Waals surface area contributed by atoms with Gasteiger partial charge in [-0.1, -0.05) is 12.1 Å². The van der Waals surface area contributed by atoms with Crippen LogP contribution in [0, 0.1) is 5.82 Å². The van der Waals surface area contributed by atoms with Crippen molar-refractivity contribution in [2.75, 3.05) is 0 Å². The van der Waals surface area contributed by atoms with E-state index in [0.717, 1.165) is 36.1 Å². The molecule has 0 unspecified atom stereocenters. The maximum atomic E-state index is 12.8. The highest BCUT2D eigenvalue weighted by Crippen LogP contribution is 2.25. The van der Waals surface area contributed by atoms with Gasteiger partial charge in [-0.15, -0.1) is 0 Å². The number of halogens is 1. The van der Waals surface area contributed by atoms with E-state index in [1.807, 2.05) is 0 Å². The Kier molecular flexibility index (Phi) is 2.81. The number of aryl methyl sites for hydroxylation is 1. The summed E-state index contributed by atoms with van der Waals surface area (Å²) < 4.78 is 14.4. The van der Waals surface area contributed by atoms with Gasteiger partial charge in [0.2, 0.25) is 0 Å². The Balaban J connectivity index is 1.97. The molecule has 98 valence electrons. The zero-order chi connectivity index (χ0) is 13.4. The minimum atomic E-state index is -0.947. The van der Waals surface area contributed by atoms with Crippen molar-refractivity contribution in [2.45, 2.75) is 25.8 Å². The summed E-state index contributed by atoms with van der Waals surface area (Å²) in [4.78, 5) is 11.4. The lowest BCUT2D eigenvalue weighted by Crippen LogP contribution is -2.13. The fourth-order valence-electron chi connectivity index (χ4n) is 2.56. The van der Waals surface area contributed by atoms with Crippen LogP contribution in [0.25, 0.3) is 0 Å². The van der Waals surface area contributed by atoms with Crippen molar-refractivity contribution in [2.24, 2.45) is 0 Å². The van der Waals surface area contributed by atoms with E-state index in [4.69, 9.17) is 0 Å². The second-order valence-electron chi connectivity index (χ2n) is 4.72. The lowest BCUT2D eigenvalue weighted by atomic mass is 10.2. The first-order valence-corrected chi connectivity index (χ1v) is 6.21. The molecule has 3 rings (SSSR count). The lowest BCUT2D eigenvalue weighted by molar-refractivity contribution is 0.0682. The number of aromatic nitrogens is 2. The van der Waals surface area contributed by atoms with Crippen LogP contribution in [0.3, 0.4) is 0 Å². The molecular formula is C14H13FN2O2. The van der Waals surface area contributed by atoms with E-state index in [-0.39, 0.29) is 11.5 Å². The van der Waals surface area contributed by atoms with Gasteiger partial charge in [-0.25, -0.2) is 9.18 Å². The average molecular weight is 260 g/mol. The molecule has 0 radical (unpaired) electrons. The monoisotopic (exact) mass is 260 g/mol. The molecule has 1 aliphatic rings. The van der Waals surface area contributed by atoms with E-state index in [1.165, 1.54) is 16.8 Å². The molecule has 0 saturated carbocycles. The van der Waals surface area contributed by atoms with Gasteiger partial charge in [0.1, 0.15) is 11.5 Å². The number of hydrogen-bond acceptors (Lipinski definition) is 2. The highest BCUT2D eigenvalue weighted by atomic mass is 19.1. The van der Waals surface area contributed by atoms with Gasteiger partial charge in [-0.2, -0.15) is 5.10 Å². The van der Waals surface area contributed by atoms with E-state index in [2.05, 4.69) is 5.10 Å². The zero-order valence-electron chi connectivity index (χ0n) is 10.3. The van der Waals surface area contributed by atoms with Crippen LogP contribution in [0.4, 0.5) is 4.39 Å². The van der Waals surface area contributed by atoms with Gasteiger partial charge >= 0.3 is 5.97 Å². The first kappa shape index (κ1) is 11.9. The second-order valence-corrected chi connectivity index (χ2v) is 4.72. The number of benzene rings is 1. The molecule has 4 nitrogen and oxygen atoms in total. The van der Waals surface area contributed by atoms with Gasteiger partial charge in [-0.3, -0.25) is 4.68 Å². The zero-order valence-corrected chi connectivity index (χ0v) is 10.3. The van der Waals surface area contributed by atoms with E-state index in [1.54, 1.807) is 12.1 Å². The standard InChI is InChI=1S/C14H13FN2O2/c15-10-6-4-9(5-7-10)8-17-13(14(18)19)11-2-1-3-12(11)16-17/h4-7H,1-3,8H2,(H,18,19). The molecule has 1 aromatic carbocycles. The van der Waals surface area contributed by atoms with Gasteiger partial charge in [-0.05, 0) is 37.0 Å². The van der Waals surface area contributed by atoms with E-state index in [0.29, 0.717) is 6.54 Å². The Hall–Kier alpha value is -2.17. The highest BCUT2D eigenvalue weighted by Gasteiger charge is 2.26. The molecule has 1 heterocycles. The van der Waals surface area contributed by atoms with Gasteiger partial charge < -0.3 is 5.11 Å². The predicted octanol–water partition coefficient (Wildman–Crippen LogP) is 2.26. The van der Waals surface area contributed by atoms with Crippen LogP contribution in [0.1, 0.15) is 33.7 Å². The van der Waals surface area contributed by atoms with Crippen molar-refractivity contribution >= 4 is 5.97 Å². The average Bonchev–Trinajstić information content (AvgIpc) is 2.91. The number of carboxylic acid groups (broad SMARTS) is 1. The van der Waals surface area contributed by atoms with Crippen molar-refractivity contribution in [3.05, 3.63) is 52.6 Å². The Morgan fingerprint density at radius 1 is 1.32 bits per heavy atom.